The normalized spacial score (nSPS) is 17.6. The zero-order valence-corrected chi connectivity index (χ0v) is 8.41. The van der Waals surface area contributed by atoms with Crippen molar-refractivity contribution in [2.75, 3.05) is 0 Å². The Morgan fingerprint density at radius 1 is 1.38 bits per heavy atom. The molecule has 0 radical (unpaired) electrons. The average Bonchev–Trinajstić information content (AvgIpc) is 2.53. The van der Waals surface area contributed by atoms with Crippen molar-refractivity contribution in [1.29, 1.82) is 0 Å². The third-order valence-corrected chi connectivity index (χ3v) is 2.19. The standard InChI is InChI=1S/C10H9F2NO3/c1-2-7(13-14)6-3-4-8-9(5-6)16-10(11,12)15-8/h3-5,14H,2H2,1H3. The summed E-state index contributed by atoms with van der Waals surface area (Å²) in [7, 11) is 0. The Hall–Kier alpha value is -1.85. The molecule has 0 aliphatic carbocycles. The van der Waals surface area contributed by atoms with Crippen LogP contribution in [0.3, 0.4) is 0 Å². The summed E-state index contributed by atoms with van der Waals surface area (Å²) in [5.41, 5.74) is 0.909. The second kappa shape index (κ2) is 3.62. The molecule has 0 saturated carbocycles. The predicted octanol–water partition coefficient (Wildman–Crippen LogP) is 2.60. The maximum Gasteiger partial charge on any atom is 0.586 e. The molecule has 1 aromatic carbocycles. The maximum absolute atomic E-state index is 12.7. The molecule has 0 bridgehead atoms. The minimum absolute atomic E-state index is 0.0258. The lowest BCUT2D eigenvalue weighted by molar-refractivity contribution is -0.286. The first-order chi connectivity index (χ1) is 7.55. The van der Waals surface area contributed by atoms with Crippen molar-refractivity contribution in [1.82, 2.24) is 0 Å². The van der Waals surface area contributed by atoms with Gasteiger partial charge in [0.1, 0.15) is 0 Å². The number of halogens is 2. The Morgan fingerprint density at radius 3 is 2.69 bits per heavy atom. The number of oxime groups is 1. The van der Waals surface area contributed by atoms with Crippen LogP contribution < -0.4 is 9.47 Å². The van der Waals surface area contributed by atoms with Crippen molar-refractivity contribution in [3.8, 4) is 11.5 Å². The molecule has 1 aliphatic rings. The molecule has 4 nitrogen and oxygen atoms in total. The topological polar surface area (TPSA) is 51.1 Å². The van der Waals surface area contributed by atoms with Gasteiger partial charge in [-0.05, 0) is 24.6 Å². The minimum atomic E-state index is -3.62. The van der Waals surface area contributed by atoms with Gasteiger partial charge in [-0.15, -0.1) is 8.78 Å². The summed E-state index contributed by atoms with van der Waals surface area (Å²) in [6.07, 6.45) is -3.14. The second-order valence-electron chi connectivity index (χ2n) is 3.23. The van der Waals surface area contributed by atoms with Crippen LogP contribution in [-0.4, -0.2) is 17.2 Å². The van der Waals surface area contributed by atoms with Gasteiger partial charge >= 0.3 is 6.29 Å². The Kier molecular flexibility index (Phi) is 2.41. The van der Waals surface area contributed by atoms with Crippen molar-refractivity contribution >= 4 is 5.71 Å². The Morgan fingerprint density at radius 2 is 2.06 bits per heavy atom. The smallest absolute Gasteiger partial charge is 0.411 e. The fourth-order valence-electron chi connectivity index (χ4n) is 1.46. The first-order valence-corrected chi connectivity index (χ1v) is 4.67. The first-order valence-electron chi connectivity index (χ1n) is 4.67. The van der Waals surface area contributed by atoms with E-state index in [1.165, 1.54) is 18.2 Å². The van der Waals surface area contributed by atoms with Crippen LogP contribution in [0.5, 0.6) is 11.5 Å². The SMILES string of the molecule is CCC(=NO)c1ccc2c(c1)OC(F)(F)O2. The summed E-state index contributed by atoms with van der Waals surface area (Å²) in [4.78, 5) is 0. The molecule has 86 valence electrons. The highest BCUT2D eigenvalue weighted by Crippen LogP contribution is 2.41. The Balaban J connectivity index is 2.36. The molecule has 2 rings (SSSR count). The maximum atomic E-state index is 12.7. The third-order valence-electron chi connectivity index (χ3n) is 2.19. The Labute approximate surface area is 90.1 Å². The van der Waals surface area contributed by atoms with Crippen LogP contribution >= 0.6 is 0 Å². The molecule has 0 aromatic heterocycles. The van der Waals surface area contributed by atoms with Crippen molar-refractivity contribution in [3.63, 3.8) is 0 Å². The zero-order valence-electron chi connectivity index (χ0n) is 8.41. The van der Waals surface area contributed by atoms with Crippen molar-refractivity contribution in [2.45, 2.75) is 19.6 Å². The number of benzene rings is 1. The van der Waals surface area contributed by atoms with Gasteiger partial charge in [0.15, 0.2) is 11.5 Å². The lowest BCUT2D eigenvalue weighted by atomic mass is 10.1. The van der Waals surface area contributed by atoms with E-state index in [-0.39, 0.29) is 11.5 Å². The van der Waals surface area contributed by atoms with Crippen LogP contribution in [0.1, 0.15) is 18.9 Å². The largest absolute Gasteiger partial charge is 0.586 e. The van der Waals surface area contributed by atoms with E-state index in [4.69, 9.17) is 5.21 Å². The highest BCUT2D eigenvalue weighted by atomic mass is 19.3. The summed E-state index contributed by atoms with van der Waals surface area (Å²) in [5, 5.41) is 11.8. The summed E-state index contributed by atoms with van der Waals surface area (Å²) in [6, 6.07) is 4.24. The van der Waals surface area contributed by atoms with E-state index in [0.29, 0.717) is 17.7 Å². The zero-order chi connectivity index (χ0) is 11.8. The van der Waals surface area contributed by atoms with Crippen LogP contribution in [0.4, 0.5) is 8.78 Å². The van der Waals surface area contributed by atoms with Gasteiger partial charge in [0, 0.05) is 5.56 Å². The van der Waals surface area contributed by atoms with Crippen LogP contribution in [0.2, 0.25) is 0 Å². The van der Waals surface area contributed by atoms with E-state index in [1.807, 2.05) is 0 Å². The molecule has 0 atom stereocenters. The molecule has 0 spiro atoms. The van der Waals surface area contributed by atoms with Gasteiger partial charge in [-0.3, -0.25) is 0 Å². The summed E-state index contributed by atoms with van der Waals surface area (Å²) < 4.78 is 33.9. The van der Waals surface area contributed by atoms with Crippen molar-refractivity contribution < 1.29 is 23.5 Å². The van der Waals surface area contributed by atoms with Crippen LogP contribution in [0.15, 0.2) is 23.4 Å². The predicted molar refractivity (Wildman–Crippen MR) is 51.3 cm³/mol. The molecular weight excluding hydrogens is 220 g/mol. The number of rotatable bonds is 2. The van der Waals surface area contributed by atoms with Crippen LogP contribution in [0.25, 0.3) is 0 Å². The van der Waals surface area contributed by atoms with E-state index in [2.05, 4.69) is 14.6 Å². The van der Waals surface area contributed by atoms with Gasteiger partial charge in [0.2, 0.25) is 0 Å². The lowest BCUT2D eigenvalue weighted by Crippen LogP contribution is -2.25. The van der Waals surface area contributed by atoms with Gasteiger partial charge in [0.25, 0.3) is 0 Å². The number of hydrogen-bond donors (Lipinski definition) is 1. The van der Waals surface area contributed by atoms with E-state index in [0.717, 1.165) is 0 Å². The van der Waals surface area contributed by atoms with Gasteiger partial charge in [-0.1, -0.05) is 12.1 Å². The minimum Gasteiger partial charge on any atom is -0.411 e. The monoisotopic (exact) mass is 229 g/mol. The van der Waals surface area contributed by atoms with Crippen molar-refractivity contribution in [3.05, 3.63) is 23.8 Å². The van der Waals surface area contributed by atoms with E-state index in [1.54, 1.807) is 6.92 Å². The number of nitrogens with zero attached hydrogens (tertiary/aromatic N) is 1. The number of ether oxygens (including phenoxy) is 2. The van der Waals surface area contributed by atoms with Gasteiger partial charge in [-0.25, -0.2) is 0 Å². The number of fused-ring (bicyclic) bond motifs is 1. The molecule has 6 heteroatoms. The quantitative estimate of drug-likeness (QED) is 0.481. The van der Waals surface area contributed by atoms with E-state index in [9.17, 15) is 8.78 Å². The van der Waals surface area contributed by atoms with Gasteiger partial charge in [-0.2, -0.15) is 0 Å². The number of hydrogen-bond acceptors (Lipinski definition) is 4. The second-order valence-corrected chi connectivity index (χ2v) is 3.23. The van der Waals surface area contributed by atoms with Gasteiger partial charge < -0.3 is 14.7 Å². The fourth-order valence-corrected chi connectivity index (χ4v) is 1.46. The molecular formula is C10H9F2NO3. The summed E-state index contributed by atoms with van der Waals surface area (Å²) in [5.74, 6) is -0.0840. The van der Waals surface area contributed by atoms with Crippen molar-refractivity contribution in [2.24, 2.45) is 5.16 Å². The van der Waals surface area contributed by atoms with Crippen LogP contribution in [-0.2, 0) is 0 Å². The highest BCUT2D eigenvalue weighted by molar-refractivity contribution is 6.00. The molecule has 1 aliphatic heterocycles. The van der Waals surface area contributed by atoms with Crippen LogP contribution in [0, 0.1) is 0 Å². The highest BCUT2D eigenvalue weighted by Gasteiger charge is 2.43. The molecule has 1 heterocycles. The lowest BCUT2D eigenvalue weighted by Gasteiger charge is -2.04. The molecule has 0 fully saturated rings. The first kappa shape index (κ1) is 10.7. The van der Waals surface area contributed by atoms with E-state index >= 15 is 0 Å². The molecule has 16 heavy (non-hydrogen) atoms. The van der Waals surface area contributed by atoms with Gasteiger partial charge in [0.05, 0.1) is 5.71 Å². The third kappa shape index (κ3) is 1.78. The average molecular weight is 229 g/mol. The molecule has 1 aromatic rings. The van der Waals surface area contributed by atoms with E-state index < -0.39 is 6.29 Å². The molecule has 0 unspecified atom stereocenters. The molecule has 0 saturated heterocycles. The summed E-state index contributed by atoms with van der Waals surface area (Å²) in [6.45, 7) is 1.79. The fraction of sp³-hybridized carbons (Fsp3) is 0.300. The Bertz CT molecular complexity index is 446. The number of alkyl halides is 2. The summed E-state index contributed by atoms with van der Waals surface area (Å²) >= 11 is 0. The molecule has 0 amide bonds. The molecule has 1 N–H and O–H groups in total.